The Morgan fingerprint density at radius 1 is 1.53 bits per heavy atom. The molecule has 17 heavy (non-hydrogen) atoms. The largest absolute Gasteiger partial charge is 0.297 e. The van der Waals surface area contributed by atoms with Crippen molar-refractivity contribution in [2.45, 2.75) is 17.5 Å². The van der Waals surface area contributed by atoms with Crippen molar-refractivity contribution in [3.05, 3.63) is 12.2 Å². The Kier molecular flexibility index (Phi) is 4.52. The van der Waals surface area contributed by atoms with Crippen LogP contribution in [0.15, 0.2) is 12.2 Å². The zero-order valence-corrected chi connectivity index (χ0v) is 12.4. The third kappa shape index (κ3) is 2.86. The molecule has 0 spiro atoms. The van der Waals surface area contributed by atoms with Gasteiger partial charge in [0.1, 0.15) is 9.57 Å². The van der Waals surface area contributed by atoms with E-state index < -0.39 is 0 Å². The van der Waals surface area contributed by atoms with Gasteiger partial charge in [-0.1, -0.05) is 36.1 Å². The van der Waals surface area contributed by atoms with Gasteiger partial charge in [-0.05, 0) is 14.0 Å². The molecule has 0 aromatic carbocycles. The third-order valence-corrected chi connectivity index (χ3v) is 5.71. The van der Waals surface area contributed by atoms with Crippen molar-refractivity contribution in [3.63, 3.8) is 0 Å². The molecule has 94 valence electrons. The molecule has 2 aliphatic rings. The Hall–Kier alpha value is -0.0400. The number of carbonyl (C=O) groups is 1. The molecule has 0 aromatic heterocycles. The molecule has 0 saturated carbocycles. The number of likely N-dealkylation sites (N-methyl/N-ethyl adjacent to an activating group) is 1. The van der Waals surface area contributed by atoms with Crippen LogP contribution in [-0.4, -0.2) is 56.5 Å². The third-order valence-electron chi connectivity index (χ3n) is 2.89. The lowest BCUT2D eigenvalue weighted by Gasteiger charge is -2.14. The van der Waals surface area contributed by atoms with Crippen LogP contribution in [0, 0.1) is 0 Å². The number of nitrogens with zero attached hydrogens (tertiary/aromatic N) is 2. The molecule has 6 heteroatoms. The minimum Gasteiger partial charge on any atom is -0.297 e. The molecule has 0 aliphatic carbocycles. The second kappa shape index (κ2) is 5.73. The summed E-state index contributed by atoms with van der Waals surface area (Å²) in [5.74, 6) is 1.29. The lowest BCUT2D eigenvalue weighted by molar-refractivity contribution is -0.125. The van der Waals surface area contributed by atoms with Crippen molar-refractivity contribution < 1.29 is 4.79 Å². The van der Waals surface area contributed by atoms with Crippen molar-refractivity contribution in [1.82, 2.24) is 9.80 Å². The van der Waals surface area contributed by atoms with E-state index in [4.69, 9.17) is 12.2 Å². The number of thiocarbonyl (C=S) groups is 1. The highest BCUT2D eigenvalue weighted by Crippen LogP contribution is 2.29. The van der Waals surface area contributed by atoms with Gasteiger partial charge in [-0.25, -0.2) is 0 Å². The molecule has 2 atom stereocenters. The summed E-state index contributed by atoms with van der Waals surface area (Å²) in [7, 11) is 2.11. The van der Waals surface area contributed by atoms with E-state index >= 15 is 0 Å². The van der Waals surface area contributed by atoms with E-state index in [0.717, 1.165) is 12.3 Å². The number of thioether (sulfide) groups is 2. The van der Waals surface area contributed by atoms with Gasteiger partial charge in [0.25, 0.3) is 0 Å². The van der Waals surface area contributed by atoms with Crippen molar-refractivity contribution >= 4 is 46.0 Å². The summed E-state index contributed by atoms with van der Waals surface area (Å²) in [4.78, 5) is 16.0. The zero-order chi connectivity index (χ0) is 12.4. The maximum atomic E-state index is 12.0. The predicted molar refractivity (Wildman–Crippen MR) is 79.4 cm³/mol. The molecular formula is C11H16N2OS3. The van der Waals surface area contributed by atoms with Gasteiger partial charge in [0.15, 0.2) is 0 Å². The van der Waals surface area contributed by atoms with Gasteiger partial charge >= 0.3 is 0 Å². The summed E-state index contributed by atoms with van der Waals surface area (Å²) in [6.07, 6.45) is 4.14. The summed E-state index contributed by atoms with van der Waals surface area (Å²) in [6, 6.07) is 0. The van der Waals surface area contributed by atoms with Crippen LogP contribution in [0.5, 0.6) is 0 Å². The maximum Gasteiger partial charge on any atom is 0.245 e. The first-order chi connectivity index (χ1) is 8.13. The predicted octanol–water partition coefficient (Wildman–Crippen LogP) is 1.80. The van der Waals surface area contributed by atoms with E-state index in [1.807, 2.05) is 24.8 Å². The molecule has 2 saturated heterocycles. The summed E-state index contributed by atoms with van der Waals surface area (Å²) in [5, 5.41) is 0.296. The zero-order valence-electron chi connectivity index (χ0n) is 9.96. The van der Waals surface area contributed by atoms with Crippen LogP contribution in [0.1, 0.15) is 6.92 Å². The molecule has 0 aromatic rings. The number of rotatable bonds is 3. The lowest BCUT2D eigenvalue weighted by atomic mass is 10.3. The van der Waals surface area contributed by atoms with Crippen LogP contribution in [-0.2, 0) is 4.79 Å². The van der Waals surface area contributed by atoms with E-state index in [1.165, 1.54) is 11.8 Å². The maximum absolute atomic E-state index is 12.0. The molecule has 0 radical (unpaired) electrons. The lowest BCUT2D eigenvalue weighted by Crippen LogP contribution is -2.30. The number of carbonyl (C=O) groups excluding carboxylic acids is 1. The van der Waals surface area contributed by atoms with Gasteiger partial charge in [0.2, 0.25) is 5.91 Å². The van der Waals surface area contributed by atoms with Gasteiger partial charge in [0, 0.05) is 18.8 Å². The van der Waals surface area contributed by atoms with Crippen molar-refractivity contribution in [3.8, 4) is 0 Å². The quantitative estimate of drug-likeness (QED) is 0.582. The van der Waals surface area contributed by atoms with E-state index in [9.17, 15) is 4.79 Å². The Bertz CT molecular complexity index is 359. The monoisotopic (exact) mass is 288 g/mol. The first-order valence-electron chi connectivity index (χ1n) is 5.65. The fourth-order valence-electron chi connectivity index (χ4n) is 1.84. The highest BCUT2D eigenvalue weighted by Gasteiger charge is 2.34. The molecule has 3 nitrogen and oxygen atoms in total. The van der Waals surface area contributed by atoms with Crippen molar-refractivity contribution in [1.29, 1.82) is 0 Å². The van der Waals surface area contributed by atoms with Crippen LogP contribution >= 0.6 is 35.7 Å². The van der Waals surface area contributed by atoms with Crippen molar-refractivity contribution in [2.24, 2.45) is 0 Å². The highest BCUT2D eigenvalue weighted by molar-refractivity contribution is 8.24. The van der Waals surface area contributed by atoms with E-state index in [0.29, 0.717) is 16.2 Å². The van der Waals surface area contributed by atoms with Crippen molar-refractivity contribution in [2.75, 3.05) is 25.9 Å². The van der Waals surface area contributed by atoms with E-state index in [-0.39, 0.29) is 11.2 Å². The van der Waals surface area contributed by atoms with Gasteiger partial charge in [-0.2, -0.15) is 0 Å². The Balaban J connectivity index is 1.98. The second-order valence-electron chi connectivity index (χ2n) is 4.01. The van der Waals surface area contributed by atoms with Crippen LogP contribution in [0.3, 0.4) is 0 Å². The fraction of sp³-hybridized carbons (Fsp3) is 0.636. The molecule has 2 unspecified atom stereocenters. The Labute approximate surface area is 116 Å². The molecule has 2 aliphatic heterocycles. The number of hydrogen-bond acceptors (Lipinski definition) is 5. The number of hydrogen-bond donors (Lipinski definition) is 0. The highest BCUT2D eigenvalue weighted by atomic mass is 32.2. The standard InChI is InChI=1S/C11H16N2OS3/c1-3-13-10(14)8(17-11(13)15)4-5-9-12(2)6-7-16-9/h4-5,8-9H,3,6-7H2,1-2H3. The van der Waals surface area contributed by atoms with Gasteiger partial charge in [-0.3, -0.25) is 14.6 Å². The summed E-state index contributed by atoms with van der Waals surface area (Å²) in [5.41, 5.74) is 0. The smallest absolute Gasteiger partial charge is 0.245 e. The average Bonchev–Trinajstić information content (AvgIpc) is 2.81. The molecule has 1 amide bonds. The fourth-order valence-corrected chi connectivity index (χ4v) is 4.53. The second-order valence-corrected chi connectivity index (χ2v) is 7.01. The summed E-state index contributed by atoms with van der Waals surface area (Å²) >= 11 is 8.58. The topological polar surface area (TPSA) is 23.6 Å². The molecule has 0 bridgehead atoms. The van der Waals surface area contributed by atoms with E-state index in [1.54, 1.807) is 4.90 Å². The summed E-state index contributed by atoms with van der Waals surface area (Å²) < 4.78 is 0.708. The number of amides is 1. The minimum absolute atomic E-state index is 0.114. The van der Waals surface area contributed by atoms with Gasteiger partial charge in [0.05, 0.1) is 5.37 Å². The molecule has 2 heterocycles. The minimum atomic E-state index is -0.114. The Morgan fingerprint density at radius 3 is 2.82 bits per heavy atom. The average molecular weight is 288 g/mol. The van der Waals surface area contributed by atoms with Gasteiger partial charge < -0.3 is 0 Å². The first kappa shape index (κ1) is 13.4. The molecular weight excluding hydrogens is 272 g/mol. The normalized spacial score (nSPS) is 31.1. The molecule has 2 rings (SSSR count). The SMILES string of the molecule is CCN1C(=O)C(C=CC2SCCN2C)SC1=S. The first-order valence-corrected chi connectivity index (χ1v) is 7.99. The van der Waals surface area contributed by atoms with Crippen LogP contribution in [0.2, 0.25) is 0 Å². The summed E-state index contributed by atoms with van der Waals surface area (Å²) in [6.45, 7) is 3.75. The van der Waals surface area contributed by atoms with Crippen LogP contribution in [0.25, 0.3) is 0 Å². The van der Waals surface area contributed by atoms with Crippen LogP contribution in [0.4, 0.5) is 0 Å². The Morgan fingerprint density at radius 2 is 2.29 bits per heavy atom. The molecule has 0 N–H and O–H groups in total. The van der Waals surface area contributed by atoms with E-state index in [2.05, 4.69) is 18.0 Å². The molecule has 2 fully saturated rings. The van der Waals surface area contributed by atoms with Gasteiger partial charge in [-0.15, -0.1) is 11.8 Å². The van der Waals surface area contributed by atoms with Crippen LogP contribution < -0.4 is 0 Å².